The van der Waals surface area contributed by atoms with E-state index >= 15 is 0 Å². The van der Waals surface area contributed by atoms with E-state index in [9.17, 15) is 4.79 Å². The number of ketones is 1. The van der Waals surface area contributed by atoms with E-state index in [2.05, 4.69) is 26.6 Å². The molecule has 1 aliphatic heterocycles. The molecule has 3 nitrogen and oxygen atoms in total. The van der Waals surface area contributed by atoms with E-state index in [0.29, 0.717) is 0 Å². The maximum atomic E-state index is 12.6. The number of Topliss-reactive ketones (excluding diaryl/α,β-unsaturated/α-hetero) is 1. The smallest absolute Gasteiger partial charge is 0.188 e. The molecule has 0 aromatic heterocycles. The van der Waals surface area contributed by atoms with E-state index in [1.54, 1.807) is 0 Å². The van der Waals surface area contributed by atoms with Crippen LogP contribution in [0.4, 0.5) is 0 Å². The summed E-state index contributed by atoms with van der Waals surface area (Å²) in [6.45, 7) is 1.80. The maximum Gasteiger partial charge on any atom is 0.188 e. The van der Waals surface area contributed by atoms with Crippen molar-refractivity contribution in [2.45, 2.75) is 19.3 Å². The van der Waals surface area contributed by atoms with Gasteiger partial charge in [-0.1, -0.05) is 28.1 Å². The maximum absolute atomic E-state index is 12.6. The summed E-state index contributed by atoms with van der Waals surface area (Å²) in [5.41, 5.74) is 2.91. The Hall–Kier alpha value is -1.55. The topological polar surface area (TPSA) is 41.1 Å². The molecule has 20 heavy (non-hydrogen) atoms. The van der Waals surface area contributed by atoms with Crippen LogP contribution in [-0.2, 0) is 4.79 Å². The molecule has 2 fully saturated rings. The van der Waals surface area contributed by atoms with Crippen LogP contribution in [0.15, 0.2) is 45.7 Å². The van der Waals surface area contributed by atoms with Crippen molar-refractivity contribution in [1.29, 1.82) is 0 Å². The van der Waals surface area contributed by atoms with Gasteiger partial charge in [0.1, 0.15) is 5.82 Å². The van der Waals surface area contributed by atoms with Gasteiger partial charge in [-0.2, -0.15) is 0 Å². The van der Waals surface area contributed by atoms with Gasteiger partial charge >= 0.3 is 0 Å². The van der Waals surface area contributed by atoms with Gasteiger partial charge in [0.05, 0.1) is 0 Å². The van der Waals surface area contributed by atoms with Crippen LogP contribution < -0.4 is 10.6 Å². The van der Waals surface area contributed by atoms with Gasteiger partial charge in [0.15, 0.2) is 5.78 Å². The van der Waals surface area contributed by atoms with Gasteiger partial charge in [-0.3, -0.25) is 4.79 Å². The molecule has 1 saturated heterocycles. The SMILES string of the molecule is O=C1C(=C2NCCN2)CCC/C1=C\c1ccc(Br)cc1. The minimum atomic E-state index is 0.191. The van der Waals surface area contributed by atoms with Gasteiger partial charge in [-0.25, -0.2) is 0 Å². The Bertz CT molecular complexity index is 579. The molecule has 1 aromatic rings. The third-order valence-electron chi connectivity index (χ3n) is 3.68. The lowest BCUT2D eigenvalue weighted by Crippen LogP contribution is -2.22. The second-order valence-corrected chi connectivity index (χ2v) is 6.03. The number of hydrogen-bond donors (Lipinski definition) is 2. The second kappa shape index (κ2) is 5.83. The van der Waals surface area contributed by atoms with Gasteiger partial charge < -0.3 is 10.6 Å². The predicted molar refractivity (Wildman–Crippen MR) is 84.0 cm³/mol. The lowest BCUT2D eigenvalue weighted by atomic mass is 9.87. The molecule has 0 radical (unpaired) electrons. The first-order valence-corrected chi connectivity index (χ1v) is 7.75. The first-order valence-electron chi connectivity index (χ1n) is 6.96. The van der Waals surface area contributed by atoms with E-state index in [4.69, 9.17) is 0 Å². The number of nitrogens with one attached hydrogen (secondary N) is 2. The predicted octanol–water partition coefficient (Wildman–Crippen LogP) is 2.99. The molecule has 0 atom stereocenters. The molecule has 0 bridgehead atoms. The Morgan fingerprint density at radius 1 is 1.05 bits per heavy atom. The van der Waals surface area contributed by atoms with Crippen molar-refractivity contribution in [3.05, 3.63) is 51.3 Å². The van der Waals surface area contributed by atoms with Crippen LogP contribution in [0.1, 0.15) is 24.8 Å². The van der Waals surface area contributed by atoms with Crippen molar-refractivity contribution in [2.24, 2.45) is 0 Å². The first-order chi connectivity index (χ1) is 9.74. The molecule has 1 saturated carbocycles. The highest BCUT2D eigenvalue weighted by Gasteiger charge is 2.25. The van der Waals surface area contributed by atoms with Crippen molar-refractivity contribution in [3.63, 3.8) is 0 Å². The van der Waals surface area contributed by atoms with Crippen molar-refractivity contribution in [1.82, 2.24) is 10.6 Å². The molecule has 2 N–H and O–H groups in total. The molecule has 0 amide bonds. The van der Waals surface area contributed by atoms with E-state index < -0.39 is 0 Å². The third-order valence-corrected chi connectivity index (χ3v) is 4.21. The number of carbonyl (C=O) groups is 1. The summed E-state index contributed by atoms with van der Waals surface area (Å²) in [5, 5.41) is 6.53. The van der Waals surface area contributed by atoms with Crippen LogP contribution in [0, 0.1) is 0 Å². The zero-order valence-corrected chi connectivity index (χ0v) is 12.8. The zero-order valence-electron chi connectivity index (χ0n) is 11.2. The molecule has 1 heterocycles. The summed E-state index contributed by atoms with van der Waals surface area (Å²) in [5.74, 6) is 1.13. The minimum absolute atomic E-state index is 0.191. The molecule has 0 spiro atoms. The molecule has 104 valence electrons. The first kappa shape index (κ1) is 13.4. The number of carbonyl (C=O) groups excluding carboxylic acids is 1. The lowest BCUT2D eigenvalue weighted by molar-refractivity contribution is -0.113. The highest BCUT2D eigenvalue weighted by molar-refractivity contribution is 9.10. The Kier molecular flexibility index (Phi) is 3.92. The summed E-state index contributed by atoms with van der Waals surface area (Å²) < 4.78 is 1.05. The Morgan fingerprint density at radius 3 is 2.45 bits per heavy atom. The molecule has 1 aliphatic carbocycles. The van der Waals surface area contributed by atoms with Gasteiger partial charge in [0.25, 0.3) is 0 Å². The van der Waals surface area contributed by atoms with E-state index in [0.717, 1.165) is 59.4 Å². The van der Waals surface area contributed by atoms with E-state index in [-0.39, 0.29) is 5.78 Å². The minimum Gasteiger partial charge on any atom is -0.370 e. The molecule has 3 rings (SSSR count). The van der Waals surface area contributed by atoms with Crippen LogP contribution in [0.25, 0.3) is 6.08 Å². The van der Waals surface area contributed by atoms with Gasteiger partial charge in [0, 0.05) is 28.7 Å². The number of halogens is 1. The normalized spacial score (nSPS) is 21.1. The Morgan fingerprint density at radius 2 is 1.75 bits per heavy atom. The third kappa shape index (κ3) is 2.80. The molecule has 4 heteroatoms. The summed E-state index contributed by atoms with van der Waals surface area (Å²) >= 11 is 3.43. The lowest BCUT2D eigenvalue weighted by Gasteiger charge is -2.18. The number of allylic oxidation sites excluding steroid dienone is 2. The van der Waals surface area contributed by atoms with Crippen LogP contribution in [-0.4, -0.2) is 18.9 Å². The summed E-state index contributed by atoms with van der Waals surface area (Å²) in [6, 6.07) is 8.05. The summed E-state index contributed by atoms with van der Waals surface area (Å²) in [7, 11) is 0. The van der Waals surface area contributed by atoms with Crippen LogP contribution in [0.3, 0.4) is 0 Å². The number of benzene rings is 1. The fourth-order valence-corrected chi connectivity index (χ4v) is 2.93. The average molecular weight is 333 g/mol. The number of rotatable bonds is 1. The molecular weight excluding hydrogens is 316 g/mol. The standard InChI is InChI=1S/C16H17BrN2O/c17-13-6-4-11(5-7-13)10-12-2-1-3-14(15(12)20)16-18-8-9-19-16/h4-7,10,18-19H,1-3,8-9H2/b12-10+. The van der Waals surface area contributed by atoms with Crippen molar-refractivity contribution in [2.75, 3.05) is 13.1 Å². The average Bonchev–Trinajstić information content (AvgIpc) is 2.97. The van der Waals surface area contributed by atoms with Gasteiger partial charge in [0.2, 0.25) is 0 Å². The van der Waals surface area contributed by atoms with Crippen molar-refractivity contribution in [3.8, 4) is 0 Å². The molecule has 1 aromatic carbocycles. The van der Waals surface area contributed by atoms with Gasteiger partial charge in [-0.15, -0.1) is 0 Å². The Balaban J connectivity index is 1.88. The van der Waals surface area contributed by atoms with E-state index in [1.165, 1.54) is 0 Å². The van der Waals surface area contributed by atoms with Crippen molar-refractivity contribution < 1.29 is 4.79 Å². The van der Waals surface area contributed by atoms with Crippen LogP contribution in [0.2, 0.25) is 0 Å². The molecule has 2 aliphatic rings. The quantitative estimate of drug-likeness (QED) is 0.777. The fraction of sp³-hybridized carbons (Fsp3) is 0.312. The molecule has 0 unspecified atom stereocenters. The highest BCUT2D eigenvalue weighted by Crippen LogP contribution is 2.28. The van der Waals surface area contributed by atoms with Gasteiger partial charge in [-0.05, 0) is 43.0 Å². The second-order valence-electron chi connectivity index (χ2n) is 5.11. The zero-order chi connectivity index (χ0) is 13.9. The van der Waals surface area contributed by atoms with E-state index in [1.807, 2.05) is 30.3 Å². The monoisotopic (exact) mass is 332 g/mol. The van der Waals surface area contributed by atoms with Crippen molar-refractivity contribution >= 4 is 27.8 Å². The largest absolute Gasteiger partial charge is 0.370 e. The fourth-order valence-electron chi connectivity index (χ4n) is 2.66. The summed E-state index contributed by atoms with van der Waals surface area (Å²) in [6.07, 6.45) is 4.79. The summed E-state index contributed by atoms with van der Waals surface area (Å²) in [4.78, 5) is 12.6. The highest BCUT2D eigenvalue weighted by atomic mass is 79.9. The van der Waals surface area contributed by atoms with Crippen LogP contribution in [0.5, 0.6) is 0 Å². The number of hydrogen-bond acceptors (Lipinski definition) is 3. The molecular formula is C16H17BrN2O. The Labute approximate surface area is 127 Å². The van der Waals surface area contributed by atoms with Crippen LogP contribution >= 0.6 is 15.9 Å².